The summed E-state index contributed by atoms with van der Waals surface area (Å²) in [5.74, 6) is -0.598. The molecule has 4 saturated carbocycles. The largest absolute Gasteiger partial charge is 0.394 e. The highest BCUT2D eigenvalue weighted by molar-refractivity contribution is 5.21. The minimum absolute atomic E-state index is 0.00237. The van der Waals surface area contributed by atoms with Gasteiger partial charge in [-0.05, 0) is 124 Å². The second-order valence-electron chi connectivity index (χ2n) is 27.7. The molecule has 0 aromatic rings. The first-order chi connectivity index (χ1) is 39.3. The van der Waals surface area contributed by atoms with E-state index in [2.05, 4.69) is 40.7 Å². The molecule has 0 radical (unpaired) electrons. The highest BCUT2D eigenvalue weighted by atomic mass is 16.8. The Balaban J connectivity index is 0.939. The lowest BCUT2D eigenvalue weighted by atomic mass is 9.35. The van der Waals surface area contributed by atoms with Crippen molar-refractivity contribution in [3.05, 3.63) is 11.6 Å². The quantitative estimate of drug-likeness (QED) is 0.0507. The molecule has 4 aliphatic carbocycles. The van der Waals surface area contributed by atoms with Crippen molar-refractivity contribution >= 4 is 0 Å². The molecule has 33 atom stereocenters. The van der Waals surface area contributed by atoms with Crippen LogP contribution >= 0.6 is 0 Å². The van der Waals surface area contributed by atoms with Crippen molar-refractivity contribution in [2.75, 3.05) is 33.0 Å². The molecule has 16 N–H and O–H groups in total. The molecule has 9 fully saturated rings. The predicted octanol–water partition coefficient (Wildman–Crippen LogP) is -3.10. The summed E-state index contributed by atoms with van der Waals surface area (Å²) < 4.78 is 60.6. The van der Waals surface area contributed by atoms with E-state index < -0.39 is 190 Å². The summed E-state index contributed by atoms with van der Waals surface area (Å²) >= 11 is 0. The number of allylic oxidation sites excluding steroid dienone is 2. The first-order valence-electron chi connectivity index (χ1n) is 30.2. The van der Waals surface area contributed by atoms with Gasteiger partial charge in [-0.15, -0.1) is 0 Å². The Morgan fingerprint density at radius 3 is 1.61 bits per heavy atom. The van der Waals surface area contributed by atoms with Crippen molar-refractivity contribution in [1.29, 1.82) is 0 Å². The number of hydrogen-bond acceptors (Lipinski definition) is 26. The molecule has 84 heavy (non-hydrogen) atoms. The smallest absolute Gasteiger partial charge is 0.187 e. The molecule has 26 heteroatoms. The van der Waals surface area contributed by atoms with E-state index in [1.807, 2.05) is 20.8 Å². The molecule has 5 aliphatic heterocycles. The van der Waals surface area contributed by atoms with Crippen molar-refractivity contribution in [3.63, 3.8) is 0 Å². The predicted molar refractivity (Wildman–Crippen MR) is 287 cm³/mol. The lowest BCUT2D eigenvalue weighted by Crippen LogP contribution is -2.68. The van der Waals surface area contributed by atoms with Crippen molar-refractivity contribution in [2.24, 2.45) is 45.3 Å². The molecule has 5 heterocycles. The maximum Gasteiger partial charge on any atom is 0.187 e. The molecule has 0 spiro atoms. The molecule has 486 valence electrons. The molecule has 0 aromatic carbocycles. The standard InChI is InChI=1S/C58H98O26/c1-24(2)10-9-14-58(8,84-52-47(74)42(69)39(66)30(80-52)22-77-49-44(71)36(63)27(61)20-75-49)25-11-16-57(7)35(25)26(60)18-33-55(5)15-13-34(54(3,4)32(55)12-17-56(33,57)6)82-53-48(83-51-46(73)41(68)38(65)29(19-59)79-51)43(70)40(67)31(81-53)23-78-50-45(72)37(64)28(62)21-76-50/h10,25-53,59-74H,9,11-23H2,1-8H3/t25-,26+,27-,28+,29+,30+,31+,32-,33+,34-,35-,36-,37-,38+,39+,40+,41-,42-,43-,44+,45+,46+,47+,48+,49-,50-,51-,52-,53-,55-,56+,57+,58-/m0/s1. The summed E-state index contributed by atoms with van der Waals surface area (Å²) in [5.41, 5.74) is -1.78. The number of aliphatic hydroxyl groups excluding tert-OH is 16. The van der Waals surface area contributed by atoms with Crippen LogP contribution in [0.15, 0.2) is 11.6 Å². The Bertz CT molecular complexity index is 2210. The van der Waals surface area contributed by atoms with Crippen LogP contribution in [0.25, 0.3) is 0 Å². The fraction of sp³-hybridized carbons (Fsp3) is 0.966. The van der Waals surface area contributed by atoms with Crippen LogP contribution < -0.4 is 0 Å². The van der Waals surface area contributed by atoms with Crippen LogP contribution in [0.5, 0.6) is 0 Å². The fourth-order valence-corrected chi connectivity index (χ4v) is 17.1. The lowest BCUT2D eigenvalue weighted by Gasteiger charge is -2.71. The second-order valence-corrected chi connectivity index (χ2v) is 27.7. The van der Waals surface area contributed by atoms with Gasteiger partial charge in [-0.3, -0.25) is 0 Å². The van der Waals surface area contributed by atoms with Crippen LogP contribution in [0.1, 0.15) is 113 Å². The number of fused-ring (bicyclic) bond motifs is 5. The van der Waals surface area contributed by atoms with Crippen molar-refractivity contribution in [2.45, 2.75) is 272 Å². The van der Waals surface area contributed by atoms with E-state index in [1.54, 1.807) is 0 Å². The fourth-order valence-electron chi connectivity index (χ4n) is 17.1. The SMILES string of the molecule is CC(C)=CCC[C@](C)(O[C@@H]1O[C@H](CO[C@@H]2OC[C@H](O)[C@H](O)[C@H]2O)[C@@H](O)[C@H](O)[C@H]1O)[C@H]1CC[C@]2(C)[C@@H]1[C@H](O)C[C@@H]1[C@@]3(C)CC[C@H](O[C@@H]4O[C@H](CO[C@@H]5OC[C@@H](O)[C@H](O)[C@H]5O)[C@@H](O)[C@H](O)[C@H]4O[C@@H]4O[C@H](CO)[C@@H](O)[C@H](O)[C@H]4O)C(C)(C)[C@@H]3CC[C@]12C. The first kappa shape index (κ1) is 67.1. The Labute approximate surface area is 490 Å². The van der Waals surface area contributed by atoms with Gasteiger partial charge in [0.15, 0.2) is 31.5 Å². The molecule has 5 saturated heterocycles. The van der Waals surface area contributed by atoms with Crippen LogP contribution in [-0.2, 0) is 47.4 Å². The van der Waals surface area contributed by atoms with Crippen molar-refractivity contribution in [1.82, 2.24) is 0 Å². The normalized spacial score (nSPS) is 53.0. The van der Waals surface area contributed by atoms with Gasteiger partial charge in [0.2, 0.25) is 0 Å². The van der Waals surface area contributed by atoms with Gasteiger partial charge in [-0.2, -0.15) is 0 Å². The van der Waals surface area contributed by atoms with Crippen LogP contribution in [-0.4, -0.2) is 274 Å². The highest BCUT2D eigenvalue weighted by Crippen LogP contribution is 2.76. The third-order valence-corrected chi connectivity index (χ3v) is 22.2. The van der Waals surface area contributed by atoms with Crippen molar-refractivity contribution in [3.8, 4) is 0 Å². The van der Waals surface area contributed by atoms with Crippen molar-refractivity contribution < 1.29 is 129 Å². The summed E-state index contributed by atoms with van der Waals surface area (Å²) in [7, 11) is 0. The molecule has 9 rings (SSSR count). The van der Waals surface area contributed by atoms with E-state index in [1.165, 1.54) is 0 Å². The first-order valence-corrected chi connectivity index (χ1v) is 30.2. The Hall–Kier alpha value is -1.30. The molecule has 0 aromatic heterocycles. The Morgan fingerprint density at radius 2 is 1.04 bits per heavy atom. The lowest BCUT2D eigenvalue weighted by molar-refractivity contribution is -0.382. The van der Waals surface area contributed by atoms with E-state index in [4.69, 9.17) is 47.4 Å². The van der Waals surface area contributed by atoms with Gasteiger partial charge in [0.1, 0.15) is 110 Å². The molecular weight excluding hydrogens is 1110 g/mol. The third kappa shape index (κ3) is 12.1. The van der Waals surface area contributed by atoms with Gasteiger partial charge < -0.3 is 129 Å². The van der Waals surface area contributed by atoms with Gasteiger partial charge in [-0.25, -0.2) is 0 Å². The molecule has 0 amide bonds. The topological polar surface area (TPSA) is 416 Å². The van der Waals surface area contributed by atoms with Gasteiger partial charge in [-0.1, -0.05) is 46.3 Å². The summed E-state index contributed by atoms with van der Waals surface area (Å²) in [6, 6.07) is 0. The van der Waals surface area contributed by atoms with E-state index in [-0.39, 0.29) is 47.7 Å². The molecule has 0 bridgehead atoms. The maximum atomic E-state index is 12.9. The minimum atomic E-state index is -1.88. The van der Waals surface area contributed by atoms with Gasteiger partial charge in [0.25, 0.3) is 0 Å². The average molecular weight is 1210 g/mol. The zero-order chi connectivity index (χ0) is 61.5. The van der Waals surface area contributed by atoms with E-state index in [0.29, 0.717) is 38.5 Å². The number of rotatable bonds is 17. The van der Waals surface area contributed by atoms with Crippen LogP contribution in [0.4, 0.5) is 0 Å². The monoisotopic (exact) mass is 1210 g/mol. The summed E-state index contributed by atoms with van der Waals surface area (Å²) in [6.45, 7) is 14.7. The molecule has 0 unspecified atom stereocenters. The highest BCUT2D eigenvalue weighted by Gasteiger charge is 2.72. The summed E-state index contributed by atoms with van der Waals surface area (Å²) in [4.78, 5) is 0. The zero-order valence-electron chi connectivity index (χ0n) is 49.5. The summed E-state index contributed by atoms with van der Waals surface area (Å²) in [6.07, 6.45) is -30.4. The van der Waals surface area contributed by atoms with Gasteiger partial charge >= 0.3 is 0 Å². The summed E-state index contributed by atoms with van der Waals surface area (Å²) in [5, 5.41) is 174. The zero-order valence-corrected chi connectivity index (χ0v) is 49.5. The van der Waals surface area contributed by atoms with Gasteiger partial charge in [0, 0.05) is 0 Å². The molecular formula is C58H98O26. The van der Waals surface area contributed by atoms with Crippen LogP contribution in [0.3, 0.4) is 0 Å². The second kappa shape index (κ2) is 25.8. The van der Waals surface area contributed by atoms with Crippen LogP contribution in [0.2, 0.25) is 0 Å². The maximum absolute atomic E-state index is 12.9. The molecule has 9 aliphatic rings. The molecule has 26 nitrogen and oxygen atoms in total. The average Bonchev–Trinajstić information content (AvgIpc) is 1.23. The Morgan fingerprint density at radius 1 is 0.524 bits per heavy atom. The van der Waals surface area contributed by atoms with E-state index in [0.717, 1.165) is 24.8 Å². The number of aliphatic hydroxyl groups is 16. The van der Waals surface area contributed by atoms with E-state index >= 15 is 0 Å². The van der Waals surface area contributed by atoms with Gasteiger partial charge in [0.05, 0.1) is 50.8 Å². The third-order valence-electron chi connectivity index (χ3n) is 22.2. The van der Waals surface area contributed by atoms with Crippen LogP contribution in [0, 0.1) is 45.3 Å². The minimum Gasteiger partial charge on any atom is -0.394 e. The van der Waals surface area contributed by atoms with E-state index in [9.17, 15) is 81.7 Å². The number of ether oxygens (including phenoxy) is 10. The number of hydrogen-bond donors (Lipinski definition) is 16. The Kier molecular flexibility index (Phi) is 20.6.